The van der Waals surface area contributed by atoms with Crippen LogP contribution in [0.4, 0.5) is 0 Å². The quantitative estimate of drug-likeness (QED) is 0.826. The number of carbonyl (C=O) groups excluding carboxylic acids is 1. The predicted molar refractivity (Wildman–Crippen MR) is 81.0 cm³/mol. The van der Waals surface area contributed by atoms with Crippen molar-refractivity contribution in [2.45, 2.75) is 31.1 Å². The Morgan fingerprint density at radius 3 is 2.67 bits per heavy atom. The molecule has 1 aromatic carbocycles. The van der Waals surface area contributed by atoms with E-state index in [1.165, 1.54) is 6.92 Å². The van der Waals surface area contributed by atoms with Crippen molar-refractivity contribution in [3.63, 3.8) is 0 Å². The molecule has 1 aromatic rings. The van der Waals surface area contributed by atoms with Crippen molar-refractivity contribution in [2.75, 3.05) is 19.4 Å². The Balaban J connectivity index is 1.99. The smallest absolute Gasteiger partial charge is 0.240 e. The fourth-order valence-electron chi connectivity index (χ4n) is 2.42. The lowest BCUT2D eigenvalue weighted by Crippen LogP contribution is -2.45. The topological polar surface area (TPSA) is 63.7 Å². The van der Waals surface area contributed by atoms with Crippen molar-refractivity contribution < 1.29 is 17.9 Å². The molecule has 1 fully saturated rings. The third-order valence-electron chi connectivity index (χ3n) is 3.84. The second-order valence-corrected chi connectivity index (χ2v) is 7.79. The van der Waals surface area contributed by atoms with E-state index in [0.717, 1.165) is 24.8 Å². The minimum atomic E-state index is -3.36. The maximum absolute atomic E-state index is 12.3. The minimum Gasteiger partial charge on any atom is -0.491 e. The van der Waals surface area contributed by atoms with Crippen LogP contribution < -0.4 is 4.74 Å². The number of carbonyl (C=O) groups is 1. The molecule has 0 aliphatic carbocycles. The molecule has 1 heterocycles. The van der Waals surface area contributed by atoms with Gasteiger partial charge in [-0.2, -0.15) is 0 Å². The molecule has 1 aliphatic rings. The van der Waals surface area contributed by atoms with E-state index in [4.69, 9.17) is 4.74 Å². The van der Waals surface area contributed by atoms with E-state index in [-0.39, 0.29) is 11.9 Å². The van der Waals surface area contributed by atoms with Gasteiger partial charge in [0.05, 0.1) is 6.04 Å². The lowest BCUT2D eigenvalue weighted by Gasteiger charge is -2.27. The fourth-order valence-corrected chi connectivity index (χ4v) is 2.93. The van der Waals surface area contributed by atoms with E-state index in [1.807, 2.05) is 30.3 Å². The monoisotopic (exact) mass is 311 g/mol. The van der Waals surface area contributed by atoms with Crippen molar-refractivity contribution in [3.05, 3.63) is 30.3 Å². The number of hydrogen-bond donors (Lipinski definition) is 0. The van der Waals surface area contributed by atoms with Gasteiger partial charge in [-0.05, 0) is 31.9 Å². The molecule has 2 rings (SSSR count). The summed E-state index contributed by atoms with van der Waals surface area (Å²) in [5, 5.41) is -0.991. The largest absolute Gasteiger partial charge is 0.491 e. The van der Waals surface area contributed by atoms with E-state index in [0.29, 0.717) is 13.2 Å². The Labute approximate surface area is 125 Å². The first-order valence-electron chi connectivity index (χ1n) is 7.07. The van der Waals surface area contributed by atoms with Crippen LogP contribution in [0.5, 0.6) is 5.75 Å². The van der Waals surface area contributed by atoms with Crippen molar-refractivity contribution in [2.24, 2.45) is 0 Å². The highest BCUT2D eigenvalue weighted by atomic mass is 32.2. The summed E-state index contributed by atoms with van der Waals surface area (Å²) in [6.07, 6.45) is 2.82. The number of hydrogen-bond acceptors (Lipinski definition) is 4. The van der Waals surface area contributed by atoms with Crippen LogP contribution in [0, 0.1) is 0 Å². The number of rotatable bonds is 5. The molecule has 1 unspecified atom stereocenters. The van der Waals surface area contributed by atoms with Gasteiger partial charge in [-0.15, -0.1) is 0 Å². The van der Waals surface area contributed by atoms with Crippen molar-refractivity contribution in [1.29, 1.82) is 0 Å². The van der Waals surface area contributed by atoms with Crippen LogP contribution >= 0.6 is 0 Å². The molecule has 2 atom stereocenters. The average Bonchev–Trinajstić information content (AvgIpc) is 2.92. The summed E-state index contributed by atoms with van der Waals surface area (Å²) in [5.41, 5.74) is 0. The number of amides is 1. The summed E-state index contributed by atoms with van der Waals surface area (Å²) < 4.78 is 28.8. The Bertz CT molecular complexity index is 585. The van der Waals surface area contributed by atoms with E-state index >= 15 is 0 Å². The standard InChI is InChI=1S/C15H21NO4S/c1-12(21(2,18)19)15(17)16-10-6-7-13(16)11-20-14-8-4-3-5-9-14/h3-5,8-9,12-13H,6-7,10-11H2,1-2H3/t12?,13-/m0/s1. The number of sulfone groups is 1. The molecule has 0 aromatic heterocycles. The molecule has 5 nitrogen and oxygen atoms in total. The molecule has 6 heteroatoms. The number of benzene rings is 1. The Kier molecular flexibility index (Phi) is 4.88. The highest BCUT2D eigenvalue weighted by Crippen LogP contribution is 2.21. The number of ether oxygens (including phenoxy) is 1. The Morgan fingerprint density at radius 2 is 2.05 bits per heavy atom. The van der Waals surface area contributed by atoms with Crippen LogP contribution in [0.15, 0.2) is 30.3 Å². The SMILES string of the molecule is CC(C(=O)N1CCC[C@H]1COc1ccccc1)S(C)(=O)=O. The first-order chi connectivity index (χ1) is 9.89. The third-order valence-corrected chi connectivity index (χ3v) is 5.32. The zero-order chi connectivity index (χ0) is 15.5. The van der Waals surface area contributed by atoms with Gasteiger partial charge in [-0.25, -0.2) is 8.42 Å². The summed E-state index contributed by atoms with van der Waals surface area (Å²) in [7, 11) is -3.36. The molecule has 1 saturated heterocycles. The van der Waals surface area contributed by atoms with E-state index in [9.17, 15) is 13.2 Å². The lowest BCUT2D eigenvalue weighted by molar-refractivity contribution is -0.131. The Morgan fingerprint density at radius 1 is 1.38 bits per heavy atom. The van der Waals surface area contributed by atoms with Gasteiger partial charge in [-0.1, -0.05) is 18.2 Å². The highest BCUT2D eigenvalue weighted by Gasteiger charge is 2.35. The van der Waals surface area contributed by atoms with Crippen molar-refractivity contribution in [1.82, 2.24) is 4.90 Å². The normalized spacial score (nSPS) is 20.3. The van der Waals surface area contributed by atoms with Gasteiger partial charge in [-0.3, -0.25) is 4.79 Å². The average molecular weight is 311 g/mol. The molecule has 0 N–H and O–H groups in total. The van der Waals surface area contributed by atoms with Crippen LogP contribution in [0.2, 0.25) is 0 Å². The molecular formula is C15H21NO4S. The van der Waals surface area contributed by atoms with Crippen LogP contribution in [-0.4, -0.2) is 49.9 Å². The molecule has 21 heavy (non-hydrogen) atoms. The van der Waals surface area contributed by atoms with E-state index < -0.39 is 15.1 Å². The molecule has 116 valence electrons. The summed E-state index contributed by atoms with van der Waals surface area (Å²) in [4.78, 5) is 14.0. The van der Waals surface area contributed by atoms with Gasteiger partial charge in [0.15, 0.2) is 9.84 Å². The zero-order valence-electron chi connectivity index (χ0n) is 12.4. The van der Waals surface area contributed by atoms with Gasteiger partial charge >= 0.3 is 0 Å². The number of likely N-dealkylation sites (tertiary alicyclic amines) is 1. The molecular weight excluding hydrogens is 290 g/mol. The van der Waals surface area contributed by atoms with Crippen LogP contribution in [-0.2, 0) is 14.6 Å². The second-order valence-electron chi connectivity index (χ2n) is 5.42. The lowest BCUT2D eigenvalue weighted by atomic mass is 10.2. The maximum atomic E-state index is 12.3. The second kappa shape index (κ2) is 6.47. The van der Waals surface area contributed by atoms with Crippen LogP contribution in [0.25, 0.3) is 0 Å². The number of nitrogens with zero attached hydrogens (tertiary/aromatic N) is 1. The van der Waals surface area contributed by atoms with Crippen LogP contribution in [0.1, 0.15) is 19.8 Å². The molecule has 1 amide bonds. The predicted octanol–water partition coefficient (Wildman–Crippen LogP) is 1.49. The van der Waals surface area contributed by atoms with Gasteiger partial charge in [0.2, 0.25) is 5.91 Å². The number of para-hydroxylation sites is 1. The van der Waals surface area contributed by atoms with Crippen molar-refractivity contribution >= 4 is 15.7 Å². The first kappa shape index (κ1) is 15.8. The van der Waals surface area contributed by atoms with Crippen LogP contribution in [0.3, 0.4) is 0 Å². The van der Waals surface area contributed by atoms with Crippen molar-refractivity contribution in [3.8, 4) is 5.75 Å². The molecule has 0 spiro atoms. The van der Waals surface area contributed by atoms with E-state index in [1.54, 1.807) is 4.90 Å². The highest BCUT2D eigenvalue weighted by molar-refractivity contribution is 7.92. The van der Waals surface area contributed by atoms with Gasteiger partial charge < -0.3 is 9.64 Å². The van der Waals surface area contributed by atoms with Gasteiger partial charge in [0.1, 0.15) is 17.6 Å². The molecule has 0 radical (unpaired) electrons. The summed E-state index contributed by atoms with van der Waals surface area (Å²) in [6, 6.07) is 9.35. The summed E-state index contributed by atoms with van der Waals surface area (Å²) >= 11 is 0. The van der Waals surface area contributed by atoms with Gasteiger partial charge in [0.25, 0.3) is 0 Å². The third kappa shape index (κ3) is 3.97. The summed E-state index contributed by atoms with van der Waals surface area (Å²) in [5.74, 6) is 0.435. The summed E-state index contributed by atoms with van der Waals surface area (Å²) in [6.45, 7) is 2.44. The van der Waals surface area contributed by atoms with Gasteiger partial charge in [0, 0.05) is 12.8 Å². The maximum Gasteiger partial charge on any atom is 0.240 e. The molecule has 1 aliphatic heterocycles. The fraction of sp³-hybridized carbons (Fsp3) is 0.533. The first-order valence-corrected chi connectivity index (χ1v) is 9.02. The zero-order valence-corrected chi connectivity index (χ0v) is 13.2. The molecule has 0 bridgehead atoms. The minimum absolute atomic E-state index is 0.0538. The Hall–Kier alpha value is -1.56. The van der Waals surface area contributed by atoms with E-state index in [2.05, 4.69) is 0 Å². The molecule has 0 saturated carbocycles.